The maximum atomic E-state index is 11.6. The molecule has 2 unspecified atom stereocenters. The standard InChI is InChI=1S/C12H18N2O3/c1-3-8(2)11(16)6-13-12(17)10-5-4-9(7-15)14-10/h4-5,7-8,11,14,16H,3,6H2,1-2H3,(H,13,17). The number of aliphatic hydroxyl groups excluding tert-OH is 1. The van der Waals surface area contributed by atoms with Crippen LogP contribution in [0.15, 0.2) is 12.1 Å². The van der Waals surface area contributed by atoms with Gasteiger partial charge in [0.1, 0.15) is 5.69 Å². The highest BCUT2D eigenvalue weighted by molar-refractivity contribution is 5.93. The number of hydrogen-bond donors (Lipinski definition) is 3. The summed E-state index contributed by atoms with van der Waals surface area (Å²) >= 11 is 0. The molecule has 0 saturated carbocycles. The predicted octanol–water partition coefficient (Wildman–Crippen LogP) is 0.964. The summed E-state index contributed by atoms with van der Waals surface area (Å²) in [6, 6.07) is 3.07. The van der Waals surface area contributed by atoms with Crippen molar-refractivity contribution in [3.05, 3.63) is 23.5 Å². The average molecular weight is 238 g/mol. The third-order valence-electron chi connectivity index (χ3n) is 2.85. The molecular formula is C12H18N2O3. The van der Waals surface area contributed by atoms with E-state index < -0.39 is 6.10 Å². The number of nitrogens with one attached hydrogen (secondary N) is 2. The summed E-state index contributed by atoms with van der Waals surface area (Å²) in [6.45, 7) is 4.12. The zero-order valence-corrected chi connectivity index (χ0v) is 10.1. The maximum Gasteiger partial charge on any atom is 0.267 e. The van der Waals surface area contributed by atoms with Gasteiger partial charge < -0.3 is 15.4 Å². The molecule has 0 bridgehead atoms. The lowest BCUT2D eigenvalue weighted by atomic mass is 10.0. The lowest BCUT2D eigenvalue weighted by Crippen LogP contribution is -2.35. The molecule has 0 aliphatic carbocycles. The molecule has 1 aromatic rings. The first-order valence-electron chi connectivity index (χ1n) is 5.69. The fourth-order valence-electron chi connectivity index (χ4n) is 1.38. The lowest BCUT2D eigenvalue weighted by Gasteiger charge is -2.17. The van der Waals surface area contributed by atoms with E-state index in [4.69, 9.17) is 0 Å². The number of carbonyl (C=O) groups excluding carboxylic acids is 2. The molecule has 1 amide bonds. The van der Waals surface area contributed by atoms with E-state index >= 15 is 0 Å². The second kappa shape index (κ2) is 6.20. The number of H-pyrrole nitrogens is 1. The van der Waals surface area contributed by atoms with E-state index in [1.165, 1.54) is 12.1 Å². The maximum absolute atomic E-state index is 11.6. The van der Waals surface area contributed by atoms with E-state index in [1.54, 1.807) is 0 Å². The highest BCUT2D eigenvalue weighted by Gasteiger charge is 2.14. The third kappa shape index (κ3) is 3.71. The average Bonchev–Trinajstić information content (AvgIpc) is 2.83. The number of aromatic amines is 1. The smallest absolute Gasteiger partial charge is 0.267 e. The Morgan fingerprint density at radius 2 is 2.29 bits per heavy atom. The molecule has 1 rings (SSSR count). The Balaban J connectivity index is 2.47. The van der Waals surface area contributed by atoms with Gasteiger partial charge in [0.25, 0.3) is 5.91 Å². The number of aromatic nitrogens is 1. The first-order chi connectivity index (χ1) is 8.08. The van der Waals surface area contributed by atoms with Gasteiger partial charge in [-0.3, -0.25) is 9.59 Å². The highest BCUT2D eigenvalue weighted by Crippen LogP contribution is 2.06. The molecule has 94 valence electrons. The molecule has 0 aliphatic heterocycles. The number of aliphatic hydroxyl groups is 1. The molecule has 0 saturated heterocycles. The molecule has 2 atom stereocenters. The van der Waals surface area contributed by atoms with Crippen molar-refractivity contribution in [2.75, 3.05) is 6.54 Å². The van der Waals surface area contributed by atoms with Crippen LogP contribution in [0.1, 0.15) is 41.2 Å². The fraction of sp³-hybridized carbons (Fsp3) is 0.500. The number of amides is 1. The molecule has 1 aromatic heterocycles. The molecular weight excluding hydrogens is 220 g/mol. The van der Waals surface area contributed by atoms with Crippen LogP contribution >= 0.6 is 0 Å². The second-order valence-electron chi connectivity index (χ2n) is 4.11. The van der Waals surface area contributed by atoms with Crippen LogP contribution in [-0.2, 0) is 0 Å². The SMILES string of the molecule is CCC(C)C(O)CNC(=O)c1ccc(C=O)[nH]1. The number of hydrogen-bond acceptors (Lipinski definition) is 3. The van der Waals surface area contributed by atoms with Gasteiger partial charge in [0.05, 0.1) is 11.8 Å². The van der Waals surface area contributed by atoms with Crippen molar-refractivity contribution >= 4 is 12.2 Å². The van der Waals surface area contributed by atoms with Crippen LogP contribution in [0.3, 0.4) is 0 Å². The van der Waals surface area contributed by atoms with Crippen molar-refractivity contribution in [1.29, 1.82) is 0 Å². The summed E-state index contributed by atoms with van der Waals surface area (Å²) in [5, 5.41) is 12.3. The monoisotopic (exact) mass is 238 g/mol. The Morgan fingerprint density at radius 3 is 2.82 bits per heavy atom. The zero-order chi connectivity index (χ0) is 12.8. The highest BCUT2D eigenvalue weighted by atomic mass is 16.3. The van der Waals surface area contributed by atoms with Gasteiger partial charge in [-0.2, -0.15) is 0 Å². The first-order valence-corrected chi connectivity index (χ1v) is 5.69. The van der Waals surface area contributed by atoms with E-state index in [2.05, 4.69) is 10.3 Å². The Kier molecular flexibility index (Phi) is 4.90. The van der Waals surface area contributed by atoms with E-state index in [9.17, 15) is 14.7 Å². The fourth-order valence-corrected chi connectivity index (χ4v) is 1.38. The number of rotatable bonds is 6. The first kappa shape index (κ1) is 13.4. The van der Waals surface area contributed by atoms with E-state index in [-0.39, 0.29) is 18.4 Å². The van der Waals surface area contributed by atoms with Gasteiger partial charge in [-0.15, -0.1) is 0 Å². The van der Waals surface area contributed by atoms with Gasteiger partial charge in [0.15, 0.2) is 6.29 Å². The molecule has 1 heterocycles. The zero-order valence-electron chi connectivity index (χ0n) is 10.1. The quantitative estimate of drug-likeness (QED) is 0.646. The number of aldehydes is 1. The van der Waals surface area contributed by atoms with Crippen molar-refractivity contribution in [1.82, 2.24) is 10.3 Å². The summed E-state index contributed by atoms with van der Waals surface area (Å²) in [4.78, 5) is 24.7. The molecule has 5 heteroatoms. The molecule has 0 aromatic carbocycles. The van der Waals surface area contributed by atoms with Gasteiger partial charge in [0.2, 0.25) is 0 Å². The van der Waals surface area contributed by atoms with Gasteiger partial charge in [-0.25, -0.2) is 0 Å². The summed E-state index contributed by atoms with van der Waals surface area (Å²) in [5.74, 6) is -0.176. The summed E-state index contributed by atoms with van der Waals surface area (Å²) in [6.07, 6.45) is 0.948. The van der Waals surface area contributed by atoms with E-state index in [0.717, 1.165) is 6.42 Å². The topological polar surface area (TPSA) is 82.2 Å². The molecule has 0 radical (unpaired) electrons. The lowest BCUT2D eigenvalue weighted by molar-refractivity contribution is 0.0846. The molecule has 0 aliphatic rings. The van der Waals surface area contributed by atoms with Crippen LogP contribution in [0, 0.1) is 5.92 Å². The number of carbonyl (C=O) groups is 2. The second-order valence-corrected chi connectivity index (χ2v) is 4.11. The summed E-state index contributed by atoms with van der Waals surface area (Å²) in [7, 11) is 0. The van der Waals surface area contributed by atoms with Gasteiger partial charge in [0, 0.05) is 6.54 Å². The Hall–Kier alpha value is -1.62. The normalized spacial score (nSPS) is 14.1. The van der Waals surface area contributed by atoms with Gasteiger partial charge in [-0.05, 0) is 18.1 Å². The molecule has 17 heavy (non-hydrogen) atoms. The molecule has 5 nitrogen and oxygen atoms in total. The van der Waals surface area contributed by atoms with Crippen LogP contribution < -0.4 is 5.32 Å². The Morgan fingerprint density at radius 1 is 1.59 bits per heavy atom. The third-order valence-corrected chi connectivity index (χ3v) is 2.85. The van der Waals surface area contributed by atoms with Gasteiger partial charge in [-0.1, -0.05) is 20.3 Å². The Bertz CT molecular complexity index is 387. The Labute approximate surface area is 100 Å². The van der Waals surface area contributed by atoms with Gasteiger partial charge >= 0.3 is 0 Å². The van der Waals surface area contributed by atoms with E-state index in [1.807, 2.05) is 13.8 Å². The minimum absolute atomic E-state index is 0.143. The minimum atomic E-state index is -0.551. The largest absolute Gasteiger partial charge is 0.391 e. The molecule has 0 spiro atoms. The van der Waals surface area contributed by atoms with Crippen LogP contribution in [0.5, 0.6) is 0 Å². The molecule has 0 fully saturated rings. The van der Waals surface area contributed by atoms with E-state index in [0.29, 0.717) is 17.7 Å². The van der Waals surface area contributed by atoms with Crippen molar-refractivity contribution in [3.8, 4) is 0 Å². The van der Waals surface area contributed by atoms with Crippen molar-refractivity contribution in [2.45, 2.75) is 26.4 Å². The predicted molar refractivity (Wildman–Crippen MR) is 64.0 cm³/mol. The summed E-state index contributed by atoms with van der Waals surface area (Å²) in [5.41, 5.74) is 0.682. The van der Waals surface area contributed by atoms with Crippen LogP contribution in [0.2, 0.25) is 0 Å². The van der Waals surface area contributed by atoms with Crippen molar-refractivity contribution < 1.29 is 14.7 Å². The van der Waals surface area contributed by atoms with Crippen molar-refractivity contribution in [2.24, 2.45) is 5.92 Å². The summed E-state index contributed by atoms with van der Waals surface area (Å²) < 4.78 is 0. The van der Waals surface area contributed by atoms with Crippen LogP contribution in [-0.4, -0.2) is 34.9 Å². The minimum Gasteiger partial charge on any atom is -0.391 e. The van der Waals surface area contributed by atoms with Crippen molar-refractivity contribution in [3.63, 3.8) is 0 Å². The molecule has 3 N–H and O–H groups in total. The van der Waals surface area contributed by atoms with Crippen LogP contribution in [0.25, 0.3) is 0 Å². The van der Waals surface area contributed by atoms with Crippen LogP contribution in [0.4, 0.5) is 0 Å².